The Morgan fingerprint density at radius 1 is 1.09 bits per heavy atom. The van der Waals surface area contributed by atoms with Gasteiger partial charge < -0.3 is 15.1 Å². The molecule has 0 unspecified atom stereocenters. The predicted molar refractivity (Wildman–Crippen MR) is 107 cm³/mol. The molecule has 0 spiro atoms. The molecule has 0 bridgehead atoms. The minimum absolute atomic E-state index is 0. The summed E-state index contributed by atoms with van der Waals surface area (Å²) in [5.74, 6) is 0.944. The first-order chi connectivity index (χ1) is 10.1. The molecule has 4 nitrogen and oxygen atoms in total. The van der Waals surface area contributed by atoms with E-state index in [0.29, 0.717) is 0 Å². The molecule has 0 heterocycles. The standard InChI is InChI=1S/C17H30N4.HI/c1-6-15-8-10-16(11-9-15)14-21(5)17(18-3)19-12-13-20(4)7-2;/h8-11H,6-7,12-14H2,1-5H3,(H,18,19);1H. The van der Waals surface area contributed by atoms with E-state index in [4.69, 9.17) is 0 Å². The maximum atomic E-state index is 4.35. The van der Waals surface area contributed by atoms with Gasteiger partial charge in [0.05, 0.1) is 0 Å². The van der Waals surface area contributed by atoms with Crippen LogP contribution in [0.4, 0.5) is 0 Å². The molecule has 0 fully saturated rings. The molecule has 0 amide bonds. The van der Waals surface area contributed by atoms with Gasteiger partial charge in [-0.2, -0.15) is 0 Å². The fourth-order valence-electron chi connectivity index (χ4n) is 2.13. The topological polar surface area (TPSA) is 30.9 Å². The Kier molecular flexibility index (Phi) is 11.3. The van der Waals surface area contributed by atoms with Gasteiger partial charge in [-0.3, -0.25) is 4.99 Å². The predicted octanol–water partition coefficient (Wildman–Crippen LogP) is 2.83. The number of nitrogens with one attached hydrogen (secondary N) is 1. The lowest BCUT2D eigenvalue weighted by Crippen LogP contribution is -2.41. The first-order valence-corrected chi connectivity index (χ1v) is 7.78. The number of benzene rings is 1. The molecule has 0 aliphatic heterocycles. The highest BCUT2D eigenvalue weighted by Crippen LogP contribution is 2.07. The normalized spacial score (nSPS) is 11.3. The summed E-state index contributed by atoms with van der Waals surface area (Å²) in [6.07, 6.45) is 1.09. The quantitative estimate of drug-likeness (QED) is 0.420. The van der Waals surface area contributed by atoms with Gasteiger partial charge in [-0.05, 0) is 31.1 Å². The van der Waals surface area contributed by atoms with Gasteiger partial charge in [0.15, 0.2) is 5.96 Å². The summed E-state index contributed by atoms with van der Waals surface area (Å²) < 4.78 is 0. The number of aliphatic imine (C=N–C) groups is 1. The SMILES string of the molecule is CCc1ccc(CN(C)C(=NC)NCCN(C)CC)cc1.I. The minimum Gasteiger partial charge on any atom is -0.355 e. The molecule has 0 radical (unpaired) electrons. The second kappa shape index (κ2) is 11.7. The zero-order valence-electron chi connectivity index (χ0n) is 14.6. The number of rotatable bonds is 7. The van der Waals surface area contributed by atoms with E-state index in [0.717, 1.165) is 38.6 Å². The largest absolute Gasteiger partial charge is 0.355 e. The van der Waals surface area contributed by atoms with E-state index in [2.05, 4.69) is 72.3 Å². The first-order valence-electron chi connectivity index (χ1n) is 7.78. The summed E-state index contributed by atoms with van der Waals surface area (Å²) in [5.41, 5.74) is 2.69. The van der Waals surface area contributed by atoms with Crippen molar-refractivity contribution >= 4 is 29.9 Å². The van der Waals surface area contributed by atoms with Crippen LogP contribution < -0.4 is 5.32 Å². The Hall–Kier alpha value is -0.820. The van der Waals surface area contributed by atoms with Crippen LogP contribution in [0.1, 0.15) is 25.0 Å². The molecular weight excluding hydrogens is 387 g/mol. The maximum absolute atomic E-state index is 4.35. The van der Waals surface area contributed by atoms with Crippen LogP contribution in [0.25, 0.3) is 0 Å². The third-order valence-corrected chi connectivity index (χ3v) is 3.74. The molecule has 5 heteroatoms. The number of likely N-dealkylation sites (N-methyl/N-ethyl adjacent to an activating group) is 1. The summed E-state index contributed by atoms with van der Waals surface area (Å²) in [6.45, 7) is 8.22. The fourth-order valence-corrected chi connectivity index (χ4v) is 2.13. The maximum Gasteiger partial charge on any atom is 0.193 e. The molecule has 0 aliphatic rings. The van der Waals surface area contributed by atoms with E-state index in [1.165, 1.54) is 11.1 Å². The Balaban J connectivity index is 0.00000441. The van der Waals surface area contributed by atoms with Gasteiger partial charge in [0.25, 0.3) is 0 Å². The summed E-state index contributed by atoms with van der Waals surface area (Å²) in [7, 11) is 6.04. The van der Waals surface area contributed by atoms with Gasteiger partial charge in [0.2, 0.25) is 0 Å². The van der Waals surface area contributed by atoms with Crippen molar-refractivity contribution in [1.82, 2.24) is 15.1 Å². The van der Waals surface area contributed by atoms with Crippen molar-refractivity contribution < 1.29 is 0 Å². The van der Waals surface area contributed by atoms with Crippen molar-refractivity contribution in [3.05, 3.63) is 35.4 Å². The number of hydrogen-bond acceptors (Lipinski definition) is 2. The summed E-state index contributed by atoms with van der Waals surface area (Å²) in [6, 6.07) is 8.81. The molecule has 1 N–H and O–H groups in total. The van der Waals surface area contributed by atoms with Gasteiger partial charge >= 0.3 is 0 Å². The van der Waals surface area contributed by atoms with Crippen LogP contribution in [-0.4, -0.2) is 56.5 Å². The van der Waals surface area contributed by atoms with E-state index < -0.39 is 0 Å². The van der Waals surface area contributed by atoms with Crippen LogP contribution >= 0.6 is 24.0 Å². The Labute approximate surface area is 153 Å². The van der Waals surface area contributed by atoms with Crippen LogP contribution in [0.3, 0.4) is 0 Å². The third-order valence-electron chi connectivity index (χ3n) is 3.74. The minimum atomic E-state index is 0. The molecule has 0 saturated heterocycles. The van der Waals surface area contributed by atoms with E-state index >= 15 is 0 Å². The molecular formula is C17H31IN4. The van der Waals surface area contributed by atoms with Crippen molar-refractivity contribution in [2.45, 2.75) is 26.8 Å². The smallest absolute Gasteiger partial charge is 0.193 e. The highest BCUT2D eigenvalue weighted by Gasteiger charge is 2.06. The van der Waals surface area contributed by atoms with Gasteiger partial charge in [-0.15, -0.1) is 24.0 Å². The third kappa shape index (κ3) is 7.45. The lowest BCUT2D eigenvalue weighted by molar-refractivity contribution is 0.353. The molecule has 0 aliphatic carbocycles. The summed E-state index contributed by atoms with van der Waals surface area (Å²) in [4.78, 5) is 8.79. The van der Waals surface area contributed by atoms with Crippen molar-refractivity contribution in [3.8, 4) is 0 Å². The Morgan fingerprint density at radius 3 is 2.18 bits per heavy atom. The number of halogens is 1. The van der Waals surface area contributed by atoms with E-state index in [-0.39, 0.29) is 24.0 Å². The van der Waals surface area contributed by atoms with Crippen LogP contribution in [0.5, 0.6) is 0 Å². The van der Waals surface area contributed by atoms with Crippen molar-refractivity contribution in [3.63, 3.8) is 0 Å². The summed E-state index contributed by atoms with van der Waals surface area (Å²) >= 11 is 0. The average Bonchev–Trinajstić information content (AvgIpc) is 2.51. The van der Waals surface area contributed by atoms with Crippen molar-refractivity contribution in [2.75, 3.05) is 40.8 Å². The van der Waals surface area contributed by atoms with Gasteiger partial charge in [0, 0.05) is 33.7 Å². The van der Waals surface area contributed by atoms with Gasteiger partial charge in [-0.25, -0.2) is 0 Å². The molecule has 126 valence electrons. The zero-order chi connectivity index (χ0) is 15.7. The number of guanidine groups is 1. The van der Waals surface area contributed by atoms with E-state index in [9.17, 15) is 0 Å². The lowest BCUT2D eigenvalue weighted by Gasteiger charge is -2.23. The average molecular weight is 418 g/mol. The molecule has 0 aromatic heterocycles. The van der Waals surface area contributed by atoms with Crippen molar-refractivity contribution in [1.29, 1.82) is 0 Å². The molecule has 1 rings (SSSR count). The second-order valence-corrected chi connectivity index (χ2v) is 5.40. The molecule has 1 aromatic carbocycles. The highest BCUT2D eigenvalue weighted by molar-refractivity contribution is 14.0. The van der Waals surface area contributed by atoms with Crippen LogP contribution in [0, 0.1) is 0 Å². The van der Waals surface area contributed by atoms with Crippen LogP contribution in [0.15, 0.2) is 29.3 Å². The number of aryl methyl sites for hydroxylation is 1. The Bertz CT molecular complexity index is 431. The molecule has 0 saturated carbocycles. The van der Waals surface area contributed by atoms with Gasteiger partial charge in [0.1, 0.15) is 0 Å². The summed E-state index contributed by atoms with van der Waals surface area (Å²) in [5, 5.41) is 3.41. The van der Waals surface area contributed by atoms with Gasteiger partial charge in [-0.1, -0.05) is 38.1 Å². The monoisotopic (exact) mass is 418 g/mol. The Morgan fingerprint density at radius 2 is 1.68 bits per heavy atom. The van der Waals surface area contributed by atoms with E-state index in [1.807, 2.05) is 7.05 Å². The highest BCUT2D eigenvalue weighted by atomic mass is 127. The van der Waals surface area contributed by atoms with Crippen LogP contribution in [0.2, 0.25) is 0 Å². The zero-order valence-corrected chi connectivity index (χ0v) is 16.9. The second-order valence-electron chi connectivity index (χ2n) is 5.40. The first kappa shape index (κ1) is 21.2. The fraction of sp³-hybridized carbons (Fsp3) is 0.588. The van der Waals surface area contributed by atoms with Crippen LogP contribution in [-0.2, 0) is 13.0 Å². The molecule has 0 atom stereocenters. The van der Waals surface area contributed by atoms with Crippen molar-refractivity contribution in [2.24, 2.45) is 4.99 Å². The molecule has 22 heavy (non-hydrogen) atoms. The number of hydrogen-bond donors (Lipinski definition) is 1. The lowest BCUT2D eigenvalue weighted by atomic mass is 10.1. The molecule has 1 aromatic rings. The van der Waals surface area contributed by atoms with E-state index in [1.54, 1.807) is 0 Å². The number of nitrogens with zero attached hydrogens (tertiary/aromatic N) is 3.